The highest BCUT2D eigenvalue weighted by Crippen LogP contribution is 2.33. The quantitative estimate of drug-likeness (QED) is 0.722. The van der Waals surface area contributed by atoms with Crippen molar-refractivity contribution >= 4 is 17.1 Å². The summed E-state index contributed by atoms with van der Waals surface area (Å²) >= 11 is 0. The Bertz CT molecular complexity index is 815. The lowest BCUT2D eigenvalue weighted by Gasteiger charge is -2.09. The fraction of sp³-hybridized carbons (Fsp3) is 0. The number of aromatic nitrogens is 1. The molecule has 3 aromatic rings. The van der Waals surface area contributed by atoms with Crippen molar-refractivity contribution in [3.8, 4) is 17.0 Å². The van der Waals surface area contributed by atoms with Crippen molar-refractivity contribution in [2.45, 2.75) is 0 Å². The molecule has 0 aliphatic carbocycles. The maximum Gasteiger partial charge on any atom is 0.178 e. The highest BCUT2D eigenvalue weighted by atomic mass is 19.1. The van der Waals surface area contributed by atoms with Gasteiger partial charge < -0.3 is 5.11 Å². The summed E-state index contributed by atoms with van der Waals surface area (Å²) in [5.41, 5.74) is 0.839. The van der Waals surface area contributed by atoms with Gasteiger partial charge in [-0.1, -0.05) is 24.3 Å². The van der Waals surface area contributed by atoms with Crippen LogP contribution < -0.4 is 0 Å². The summed E-state index contributed by atoms with van der Waals surface area (Å²) in [6.45, 7) is 0. The minimum atomic E-state index is -0.764. The van der Waals surface area contributed by atoms with E-state index in [1.165, 1.54) is 6.20 Å². The second-order valence-corrected chi connectivity index (χ2v) is 4.39. The van der Waals surface area contributed by atoms with E-state index in [4.69, 9.17) is 0 Å². The van der Waals surface area contributed by atoms with E-state index in [9.17, 15) is 14.3 Å². The molecule has 0 bridgehead atoms. The molecule has 0 fully saturated rings. The topological polar surface area (TPSA) is 50.2 Å². The number of fused-ring (bicyclic) bond motifs is 1. The molecule has 0 spiro atoms. The van der Waals surface area contributed by atoms with Crippen LogP contribution in [0.1, 0.15) is 10.4 Å². The van der Waals surface area contributed by atoms with Crippen LogP contribution in [0.4, 0.5) is 4.39 Å². The minimum absolute atomic E-state index is 0.0675. The number of carbonyl (C=O) groups excluding carboxylic acids is 1. The number of carbonyl (C=O) groups is 1. The molecule has 0 unspecified atom stereocenters. The molecule has 0 saturated carbocycles. The van der Waals surface area contributed by atoms with Gasteiger partial charge in [0.15, 0.2) is 17.9 Å². The molecule has 1 N–H and O–H groups in total. The Morgan fingerprint density at radius 3 is 2.50 bits per heavy atom. The van der Waals surface area contributed by atoms with Crippen LogP contribution >= 0.6 is 0 Å². The molecule has 20 heavy (non-hydrogen) atoms. The van der Waals surface area contributed by atoms with Gasteiger partial charge in [0.1, 0.15) is 5.69 Å². The molecular formula is C16H10FNO2. The van der Waals surface area contributed by atoms with E-state index in [-0.39, 0.29) is 5.69 Å². The second-order valence-electron chi connectivity index (χ2n) is 4.39. The second kappa shape index (κ2) is 4.74. The van der Waals surface area contributed by atoms with Crippen molar-refractivity contribution in [2.75, 3.05) is 0 Å². The third-order valence-corrected chi connectivity index (χ3v) is 3.17. The number of benzene rings is 2. The zero-order chi connectivity index (χ0) is 14.1. The van der Waals surface area contributed by atoms with Gasteiger partial charge in [-0.25, -0.2) is 4.39 Å². The molecule has 1 heterocycles. The molecule has 1 aromatic heterocycles. The third-order valence-electron chi connectivity index (χ3n) is 3.17. The Morgan fingerprint density at radius 1 is 1.10 bits per heavy atom. The number of hydrogen-bond donors (Lipinski definition) is 1. The molecule has 0 aliphatic heterocycles. The lowest BCUT2D eigenvalue weighted by molar-refractivity contribution is 0.112. The fourth-order valence-electron chi connectivity index (χ4n) is 2.19. The molecule has 3 nitrogen and oxygen atoms in total. The summed E-state index contributed by atoms with van der Waals surface area (Å²) in [4.78, 5) is 15.2. The number of pyridine rings is 1. The van der Waals surface area contributed by atoms with Gasteiger partial charge in [0.2, 0.25) is 0 Å². The van der Waals surface area contributed by atoms with Crippen molar-refractivity contribution < 1.29 is 14.3 Å². The van der Waals surface area contributed by atoms with Crippen LogP contribution in [0, 0.1) is 5.82 Å². The van der Waals surface area contributed by atoms with Crippen molar-refractivity contribution in [3.63, 3.8) is 0 Å². The van der Waals surface area contributed by atoms with Crippen LogP contribution in [0.15, 0.2) is 48.7 Å². The Kier molecular flexibility index (Phi) is 2.91. The largest absolute Gasteiger partial charge is 0.503 e. The maximum atomic E-state index is 13.4. The number of aldehydes is 1. The van der Waals surface area contributed by atoms with E-state index in [1.54, 1.807) is 12.1 Å². The van der Waals surface area contributed by atoms with Crippen molar-refractivity contribution in [1.82, 2.24) is 4.98 Å². The molecule has 0 aliphatic rings. The molecule has 4 heteroatoms. The maximum absolute atomic E-state index is 13.4. The molecule has 98 valence electrons. The van der Waals surface area contributed by atoms with Crippen molar-refractivity contribution in [2.24, 2.45) is 0 Å². The van der Waals surface area contributed by atoms with E-state index < -0.39 is 11.6 Å². The SMILES string of the molecule is O=Cc1cc2ccccc2cc1-c1nccc(F)c1O. The van der Waals surface area contributed by atoms with Crippen molar-refractivity contribution in [3.05, 3.63) is 60.0 Å². The number of hydrogen-bond acceptors (Lipinski definition) is 3. The first-order chi connectivity index (χ1) is 9.70. The van der Waals surface area contributed by atoms with Crippen molar-refractivity contribution in [1.29, 1.82) is 0 Å². The Balaban J connectivity index is 2.34. The minimum Gasteiger partial charge on any atom is -0.503 e. The predicted molar refractivity (Wildman–Crippen MR) is 74.2 cm³/mol. The number of halogens is 1. The zero-order valence-corrected chi connectivity index (χ0v) is 10.4. The first-order valence-electron chi connectivity index (χ1n) is 6.02. The summed E-state index contributed by atoms with van der Waals surface area (Å²) in [5, 5.41) is 11.6. The van der Waals surface area contributed by atoms with Gasteiger partial charge in [-0.05, 0) is 29.0 Å². The van der Waals surface area contributed by atoms with Crippen LogP contribution in [-0.4, -0.2) is 16.4 Å². The molecule has 3 rings (SSSR count). The van der Waals surface area contributed by atoms with Gasteiger partial charge >= 0.3 is 0 Å². The molecular weight excluding hydrogens is 257 g/mol. The average molecular weight is 267 g/mol. The van der Waals surface area contributed by atoms with E-state index in [0.717, 1.165) is 16.8 Å². The normalized spacial score (nSPS) is 10.7. The van der Waals surface area contributed by atoms with Crippen LogP contribution in [0.2, 0.25) is 0 Å². The standard InChI is InChI=1S/C16H10FNO2/c17-14-5-6-18-15(16(14)20)13-8-11-4-2-1-3-10(11)7-12(13)9-19/h1-9,20H. The molecule has 0 radical (unpaired) electrons. The molecule has 0 saturated heterocycles. The summed E-state index contributed by atoms with van der Waals surface area (Å²) in [7, 11) is 0. The Labute approximate surface area is 114 Å². The van der Waals surface area contributed by atoms with E-state index in [0.29, 0.717) is 17.4 Å². The summed E-state index contributed by atoms with van der Waals surface area (Å²) in [6, 6.07) is 12.0. The third kappa shape index (κ3) is 1.91. The van der Waals surface area contributed by atoms with Crippen LogP contribution in [0.3, 0.4) is 0 Å². The monoisotopic (exact) mass is 267 g/mol. The van der Waals surface area contributed by atoms with E-state index in [1.807, 2.05) is 24.3 Å². The molecule has 2 aromatic carbocycles. The van der Waals surface area contributed by atoms with Crippen LogP contribution in [0.5, 0.6) is 5.75 Å². The average Bonchev–Trinajstić information content (AvgIpc) is 2.48. The number of nitrogens with zero attached hydrogens (tertiary/aromatic N) is 1. The molecule has 0 atom stereocenters. The van der Waals surface area contributed by atoms with E-state index >= 15 is 0 Å². The molecule has 0 amide bonds. The van der Waals surface area contributed by atoms with Gasteiger partial charge in [0.05, 0.1) is 0 Å². The predicted octanol–water partition coefficient (Wildman–Crippen LogP) is 3.56. The van der Waals surface area contributed by atoms with Crippen LogP contribution in [-0.2, 0) is 0 Å². The number of rotatable bonds is 2. The van der Waals surface area contributed by atoms with E-state index in [2.05, 4.69) is 4.98 Å². The van der Waals surface area contributed by atoms with Gasteiger partial charge in [0, 0.05) is 17.3 Å². The van der Waals surface area contributed by atoms with Gasteiger partial charge in [-0.3, -0.25) is 9.78 Å². The zero-order valence-electron chi connectivity index (χ0n) is 10.4. The fourth-order valence-corrected chi connectivity index (χ4v) is 2.19. The lowest BCUT2D eigenvalue weighted by atomic mass is 9.98. The van der Waals surface area contributed by atoms with Gasteiger partial charge in [-0.2, -0.15) is 0 Å². The van der Waals surface area contributed by atoms with Gasteiger partial charge in [0.25, 0.3) is 0 Å². The number of aromatic hydroxyl groups is 1. The first-order valence-corrected chi connectivity index (χ1v) is 6.02. The summed E-state index contributed by atoms with van der Waals surface area (Å²) in [6.07, 6.45) is 1.93. The highest BCUT2D eigenvalue weighted by molar-refractivity contribution is 5.97. The summed E-state index contributed by atoms with van der Waals surface area (Å²) < 4.78 is 13.4. The van der Waals surface area contributed by atoms with Crippen LogP contribution in [0.25, 0.3) is 22.0 Å². The first kappa shape index (κ1) is 12.3. The smallest absolute Gasteiger partial charge is 0.178 e. The lowest BCUT2D eigenvalue weighted by Crippen LogP contribution is -1.93. The highest BCUT2D eigenvalue weighted by Gasteiger charge is 2.14. The Morgan fingerprint density at radius 2 is 1.80 bits per heavy atom. The van der Waals surface area contributed by atoms with Gasteiger partial charge in [-0.15, -0.1) is 0 Å². The summed E-state index contributed by atoms with van der Waals surface area (Å²) in [5.74, 6) is -1.31. The Hall–Kier alpha value is -2.75.